The Bertz CT molecular complexity index is 234. The van der Waals surface area contributed by atoms with Gasteiger partial charge in [-0.25, -0.2) is 4.79 Å². The van der Waals surface area contributed by atoms with Gasteiger partial charge in [-0.1, -0.05) is 29.6 Å². The summed E-state index contributed by atoms with van der Waals surface area (Å²) >= 11 is 11.0. The summed E-state index contributed by atoms with van der Waals surface area (Å²) in [5.74, 6) is -0.112. The molecule has 0 aliphatic heterocycles. The number of hydrogen-bond acceptors (Lipinski definition) is 3. The Balaban J connectivity index is 2.49. The first-order valence-corrected chi connectivity index (χ1v) is 6.51. The van der Waals surface area contributed by atoms with Gasteiger partial charge in [-0.15, -0.1) is 0 Å². The molecule has 0 radical (unpaired) electrons. The number of carbonyl (C=O) groups is 1. The molecule has 2 atom stereocenters. The van der Waals surface area contributed by atoms with Crippen LogP contribution in [-0.2, 0) is 9.53 Å². The smallest absolute Gasteiger partial charge is 0.339 e. The quantitative estimate of drug-likeness (QED) is 0.579. The average Bonchev–Trinajstić information content (AvgIpc) is 2.20. The maximum atomic E-state index is 11.3. The molecule has 0 amide bonds. The number of halogens is 2. The van der Waals surface area contributed by atoms with Crippen LogP contribution < -0.4 is 0 Å². The number of esters is 1. The van der Waals surface area contributed by atoms with Crippen LogP contribution in [0.3, 0.4) is 0 Å². The van der Waals surface area contributed by atoms with Crippen molar-refractivity contribution in [1.29, 1.82) is 0 Å². The molecule has 1 saturated carbocycles. The van der Waals surface area contributed by atoms with E-state index in [4.69, 9.17) is 27.9 Å². The Morgan fingerprint density at radius 2 is 2.00 bits per heavy atom. The Morgan fingerprint density at radius 1 is 1.38 bits per heavy atom. The van der Waals surface area contributed by atoms with Gasteiger partial charge in [0.25, 0.3) is 0 Å². The fourth-order valence-corrected chi connectivity index (χ4v) is 2.31. The van der Waals surface area contributed by atoms with Gasteiger partial charge >= 0.3 is 5.97 Å². The molecule has 0 N–H and O–H groups in total. The second-order valence-electron chi connectivity index (χ2n) is 4.58. The van der Waals surface area contributed by atoms with E-state index < -0.39 is 10.8 Å². The molecular formula is C11H19Cl2NO2. The van der Waals surface area contributed by atoms with Crippen molar-refractivity contribution in [2.75, 3.05) is 20.6 Å². The average molecular weight is 268 g/mol. The van der Waals surface area contributed by atoms with Crippen LogP contribution in [0.2, 0.25) is 0 Å². The van der Waals surface area contributed by atoms with Crippen molar-refractivity contribution in [3.05, 3.63) is 0 Å². The van der Waals surface area contributed by atoms with E-state index in [1.54, 1.807) is 0 Å². The molecule has 5 heteroatoms. The minimum absolute atomic E-state index is 0.0244. The highest BCUT2D eigenvalue weighted by Gasteiger charge is 2.30. The first kappa shape index (κ1) is 14.1. The van der Waals surface area contributed by atoms with Gasteiger partial charge in [0.2, 0.25) is 4.84 Å². The van der Waals surface area contributed by atoms with E-state index in [2.05, 4.69) is 4.90 Å². The second-order valence-corrected chi connectivity index (χ2v) is 5.68. The summed E-state index contributed by atoms with van der Waals surface area (Å²) in [7, 11) is 4.05. The normalized spacial score (nSPS) is 26.1. The van der Waals surface area contributed by atoms with Crippen LogP contribution in [0.25, 0.3) is 0 Å². The monoisotopic (exact) mass is 267 g/mol. The molecular weight excluding hydrogens is 249 g/mol. The molecule has 94 valence electrons. The summed E-state index contributed by atoms with van der Waals surface area (Å²) in [4.78, 5) is 12.4. The summed E-state index contributed by atoms with van der Waals surface area (Å²) < 4.78 is 5.34. The maximum Gasteiger partial charge on any atom is 0.339 e. The lowest BCUT2D eigenvalue weighted by atomic mass is 9.86. The van der Waals surface area contributed by atoms with Crippen LogP contribution in [0.15, 0.2) is 0 Å². The van der Waals surface area contributed by atoms with Crippen molar-refractivity contribution in [3.63, 3.8) is 0 Å². The maximum absolute atomic E-state index is 11.3. The van der Waals surface area contributed by atoms with Gasteiger partial charge in [0, 0.05) is 12.5 Å². The summed E-state index contributed by atoms with van der Waals surface area (Å²) in [5.41, 5.74) is 0. The molecule has 16 heavy (non-hydrogen) atoms. The Labute approximate surface area is 107 Å². The highest BCUT2D eigenvalue weighted by molar-refractivity contribution is 6.52. The molecule has 0 unspecified atom stereocenters. The van der Waals surface area contributed by atoms with Gasteiger partial charge in [-0.3, -0.25) is 0 Å². The standard InChI is InChI=1S/C11H19Cl2NO2/c1-14(2)7-8-5-3-4-6-9(8)16-11(15)10(12)13/h8-10H,3-7H2,1-2H3/t8-,9+/m0/s1. The van der Waals surface area contributed by atoms with Gasteiger partial charge in [-0.2, -0.15) is 0 Å². The molecule has 3 nitrogen and oxygen atoms in total. The van der Waals surface area contributed by atoms with Gasteiger partial charge in [-0.05, 0) is 33.4 Å². The first-order valence-electron chi connectivity index (χ1n) is 5.64. The number of alkyl halides is 2. The number of ether oxygens (including phenoxy) is 1. The largest absolute Gasteiger partial charge is 0.460 e. The summed E-state index contributed by atoms with van der Waals surface area (Å²) in [6, 6.07) is 0. The van der Waals surface area contributed by atoms with E-state index in [9.17, 15) is 4.79 Å². The van der Waals surface area contributed by atoms with E-state index in [1.165, 1.54) is 6.42 Å². The van der Waals surface area contributed by atoms with Gasteiger partial charge in [0.05, 0.1) is 0 Å². The SMILES string of the molecule is CN(C)C[C@@H]1CCCC[C@H]1OC(=O)C(Cl)Cl. The van der Waals surface area contributed by atoms with E-state index >= 15 is 0 Å². The molecule has 0 saturated heterocycles. The van der Waals surface area contributed by atoms with Crippen LogP contribution in [-0.4, -0.2) is 42.4 Å². The van der Waals surface area contributed by atoms with Gasteiger partial charge < -0.3 is 9.64 Å². The molecule has 0 aromatic rings. The fraction of sp³-hybridized carbons (Fsp3) is 0.909. The number of hydrogen-bond donors (Lipinski definition) is 0. The molecule has 1 fully saturated rings. The lowest BCUT2D eigenvalue weighted by Crippen LogP contribution is -2.37. The molecule has 1 aliphatic rings. The van der Waals surface area contributed by atoms with Gasteiger partial charge in [0.15, 0.2) is 0 Å². The van der Waals surface area contributed by atoms with Gasteiger partial charge in [0.1, 0.15) is 6.10 Å². The highest BCUT2D eigenvalue weighted by Crippen LogP contribution is 2.28. The van der Waals surface area contributed by atoms with E-state index in [0.717, 1.165) is 25.8 Å². The topological polar surface area (TPSA) is 29.5 Å². The van der Waals surface area contributed by atoms with Crippen molar-refractivity contribution >= 4 is 29.2 Å². The molecule has 0 heterocycles. The highest BCUT2D eigenvalue weighted by atomic mass is 35.5. The van der Waals surface area contributed by atoms with Crippen molar-refractivity contribution in [2.45, 2.75) is 36.6 Å². The zero-order chi connectivity index (χ0) is 12.1. The minimum Gasteiger partial charge on any atom is -0.460 e. The zero-order valence-electron chi connectivity index (χ0n) is 9.79. The third-order valence-corrected chi connectivity index (χ3v) is 3.24. The van der Waals surface area contributed by atoms with Crippen LogP contribution in [0.1, 0.15) is 25.7 Å². The molecule has 1 aliphatic carbocycles. The van der Waals surface area contributed by atoms with Crippen molar-refractivity contribution in [3.8, 4) is 0 Å². The van der Waals surface area contributed by atoms with Crippen LogP contribution >= 0.6 is 23.2 Å². The second kappa shape index (κ2) is 6.67. The number of rotatable bonds is 4. The third-order valence-electron chi connectivity index (χ3n) is 2.88. The number of carbonyl (C=O) groups excluding carboxylic acids is 1. The summed E-state index contributed by atoms with van der Waals surface area (Å²) in [5, 5.41) is 0. The summed E-state index contributed by atoms with van der Waals surface area (Å²) in [6.45, 7) is 0.938. The predicted molar refractivity (Wildman–Crippen MR) is 65.9 cm³/mol. The minimum atomic E-state index is -1.07. The Kier molecular flexibility index (Phi) is 5.87. The molecule has 0 spiro atoms. The molecule has 0 aromatic carbocycles. The van der Waals surface area contributed by atoms with Crippen molar-refractivity contribution < 1.29 is 9.53 Å². The predicted octanol–water partition coefficient (Wildman–Crippen LogP) is 2.45. The molecule has 0 bridgehead atoms. The van der Waals surface area contributed by atoms with Crippen LogP contribution in [0, 0.1) is 5.92 Å². The van der Waals surface area contributed by atoms with E-state index in [0.29, 0.717) is 5.92 Å². The Morgan fingerprint density at radius 3 is 2.56 bits per heavy atom. The lowest BCUT2D eigenvalue weighted by Gasteiger charge is -2.33. The van der Waals surface area contributed by atoms with Crippen LogP contribution in [0.4, 0.5) is 0 Å². The zero-order valence-corrected chi connectivity index (χ0v) is 11.3. The lowest BCUT2D eigenvalue weighted by molar-refractivity contribution is -0.151. The first-order chi connectivity index (χ1) is 7.50. The number of nitrogens with zero attached hydrogens (tertiary/aromatic N) is 1. The Hall–Kier alpha value is 0.01000. The third kappa shape index (κ3) is 4.48. The summed E-state index contributed by atoms with van der Waals surface area (Å²) in [6.07, 6.45) is 4.31. The van der Waals surface area contributed by atoms with Crippen molar-refractivity contribution in [2.24, 2.45) is 5.92 Å². The van der Waals surface area contributed by atoms with E-state index in [1.807, 2.05) is 14.1 Å². The van der Waals surface area contributed by atoms with Crippen LogP contribution in [0.5, 0.6) is 0 Å². The molecule has 0 aromatic heterocycles. The van der Waals surface area contributed by atoms with Crippen molar-refractivity contribution in [1.82, 2.24) is 4.90 Å². The molecule has 1 rings (SSSR count). The van der Waals surface area contributed by atoms with E-state index in [-0.39, 0.29) is 6.10 Å². The fourth-order valence-electron chi connectivity index (χ4n) is 2.21.